The average molecular weight is 333 g/mol. The molecular weight excluding hydrogens is 315 g/mol. The molecule has 0 saturated carbocycles. The van der Waals surface area contributed by atoms with E-state index in [0.717, 1.165) is 29.4 Å². The van der Waals surface area contributed by atoms with Crippen molar-refractivity contribution >= 4 is 23.2 Å². The van der Waals surface area contributed by atoms with E-state index < -0.39 is 0 Å². The Morgan fingerprint density at radius 3 is 2.30 bits per heavy atom. The van der Waals surface area contributed by atoms with E-state index in [9.17, 15) is 9.18 Å². The lowest BCUT2D eigenvalue weighted by Crippen LogP contribution is -2.48. The fraction of sp³-hybridized carbons (Fsp3) is 0.278. The molecule has 0 aromatic heterocycles. The van der Waals surface area contributed by atoms with E-state index in [4.69, 9.17) is 11.6 Å². The Bertz CT molecular complexity index is 709. The summed E-state index contributed by atoms with van der Waals surface area (Å²) in [6, 6.07) is 11.7. The molecular formula is C18H18ClFN2O. The van der Waals surface area contributed by atoms with Gasteiger partial charge in [-0.25, -0.2) is 4.39 Å². The largest absolute Gasteiger partial charge is 0.368 e. The number of rotatable bonds is 2. The number of benzene rings is 2. The Kier molecular flexibility index (Phi) is 4.53. The lowest BCUT2D eigenvalue weighted by Gasteiger charge is -2.36. The average Bonchev–Trinajstić information content (AvgIpc) is 2.57. The quantitative estimate of drug-likeness (QED) is 0.836. The molecule has 1 aliphatic rings. The van der Waals surface area contributed by atoms with Crippen molar-refractivity contribution in [2.24, 2.45) is 0 Å². The van der Waals surface area contributed by atoms with E-state index in [1.807, 2.05) is 19.1 Å². The fourth-order valence-electron chi connectivity index (χ4n) is 2.72. The van der Waals surface area contributed by atoms with Crippen LogP contribution in [0.3, 0.4) is 0 Å². The maximum Gasteiger partial charge on any atom is 0.253 e. The van der Waals surface area contributed by atoms with Gasteiger partial charge in [-0.1, -0.05) is 17.7 Å². The van der Waals surface area contributed by atoms with Crippen LogP contribution < -0.4 is 4.90 Å². The summed E-state index contributed by atoms with van der Waals surface area (Å²) in [6.45, 7) is 4.77. The van der Waals surface area contributed by atoms with Crippen molar-refractivity contribution < 1.29 is 9.18 Å². The number of anilines is 1. The highest BCUT2D eigenvalue weighted by atomic mass is 35.5. The standard InChI is InChI=1S/C18H18ClFN2O/c1-13-2-7-16(12-17(13)19)21-8-10-22(11-9-21)18(23)14-3-5-15(20)6-4-14/h2-7,12H,8-11H2,1H3. The zero-order valence-corrected chi connectivity index (χ0v) is 13.7. The molecule has 3 nitrogen and oxygen atoms in total. The van der Waals surface area contributed by atoms with Gasteiger partial charge in [-0.2, -0.15) is 0 Å². The third kappa shape index (κ3) is 3.48. The maximum absolute atomic E-state index is 12.9. The van der Waals surface area contributed by atoms with E-state index in [1.165, 1.54) is 24.3 Å². The maximum atomic E-state index is 12.9. The Balaban J connectivity index is 1.64. The predicted molar refractivity (Wildman–Crippen MR) is 90.7 cm³/mol. The Hall–Kier alpha value is -2.07. The minimum Gasteiger partial charge on any atom is -0.368 e. The molecule has 120 valence electrons. The number of aryl methyl sites for hydroxylation is 1. The van der Waals surface area contributed by atoms with Crippen LogP contribution in [0.1, 0.15) is 15.9 Å². The minimum absolute atomic E-state index is 0.0495. The molecule has 0 radical (unpaired) electrons. The highest BCUT2D eigenvalue weighted by Gasteiger charge is 2.22. The number of piperazine rings is 1. The van der Waals surface area contributed by atoms with Gasteiger partial charge in [0, 0.05) is 42.5 Å². The number of amides is 1. The van der Waals surface area contributed by atoms with Crippen LogP contribution in [0.2, 0.25) is 5.02 Å². The van der Waals surface area contributed by atoms with Gasteiger partial charge in [-0.15, -0.1) is 0 Å². The first-order valence-electron chi connectivity index (χ1n) is 7.60. The van der Waals surface area contributed by atoms with Gasteiger partial charge in [0.2, 0.25) is 0 Å². The second-order valence-electron chi connectivity index (χ2n) is 5.72. The molecule has 2 aromatic rings. The first kappa shape index (κ1) is 15.8. The molecule has 1 amide bonds. The second kappa shape index (κ2) is 6.59. The fourth-order valence-corrected chi connectivity index (χ4v) is 2.90. The molecule has 5 heteroatoms. The first-order chi connectivity index (χ1) is 11.0. The van der Waals surface area contributed by atoms with Crippen LogP contribution >= 0.6 is 11.6 Å². The number of nitrogens with zero attached hydrogens (tertiary/aromatic N) is 2. The van der Waals surface area contributed by atoms with E-state index in [0.29, 0.717) is 18.7 Å². The Morgan fingerprint density at radius 1 is 1.04 bits per heavy atom. The molecule has 0 spiro atoms. The van der Waals surface area contributed by atoms with Gasteiger partial charge in [0.1, 0.15) is 5.82 Å². The van der Waals surface area contributed by atoms with Crippen molar-refractivity contribution in [1.82, 2.24) is 4.90 Å². The normalized spacial score (nSPS) is 14.9. The molecule has 1 saturated heterocycles. The van der Waals surface area contributed by atoms with Gasteiger partial charge in [-0.3, -0.25) is 4.79 Å². The van der Waals surface area contributed by atoms with Crippen LogP contribution in [-0.4, -0.2) is 37.0 Å². The van der Waals surface area contributed by atoms with Crippen molar-refractivity contribution in [3.63, 3.8) is 0 Å². The molecule has 0 N–H and O–H groups in total. The molecule has 1 aliphatic heterocycles. The second-order valence-corrected chi connectivity index (χ2v) is 6.13. The van der Waals surface area contributed by atoms with Crippen LogP contribution in [0, 0.1) is 12.7 Å². The third-order valence-electron chi connectivity index (χ3n) is 4.18. The van der Waals surface area contributed by atoms with Crippen molar-refractivity contribution in [1.29, 1.82) is 0 Å². The number of hydrogen-bond donors (Lipinski definition) is 0. The van der Waals surface area contributed by atoms with Crippen molar-refractivity contribution in [2.75, 3.05) is 31.1 Å². The van der Waals surface area contributed by atoms with E-state index in [1.54, 1.807) is 4.90 Å². The number of carbonyl (C=O) groups excluding carboxylic acids is 1. The van der Waals surface area contributed by atoms with Crippen LogP contribution in [0.5, 0.6) is 0 Å². The monoisotopic (exact) mass is 332 g/mol. The summed E-state index contributed by atoms with van der Waals surface area (Å²) in [5.41, 5.74) is 2.66. The van der Waals surface area contributed by atoms with Crippen LogP contribution in [0.25, 0.3) is 0 Å². The van der Waals surface area contributed by atoms with Crippen LogP contribution in [0.4, 0.5) is 10.1 Å². The first-order valence-corrected chi connectivity index (χ1v) is 7.98. The molecule has 1 heterocycles. The van der Waals surface area contributed by atoms with E-state index >= 15 is 0 Å². The van der Waals surface area contributed by atoms with Crippen molar-refractivity contribution in [2.45, 2.75) is 6.92 Å². The highest BCUT2D eigenvalue weighted by molar-refractivity contribution is 6.31. The third-order valence-corrected chi connectivity index (χ3v) is 4.59. The number of hydrogen-bond acceptors (Lipinski definition) is 2. The molecule has 0 bridgehead atoms. The summed E-state index contributed by atoms with van der Waals surface area (Å²) in [4.78, 5) is 16.4. The molecule has 0 atom stereocenters. The number of carbonyl (C=O) groups is 1. The summed E-state index contributed by atoms with van der Waals surface area (Å²) in [5.74, 6) is -0.380. The number of halogens is 2. The summed E-state index contributed by atoms with van der Waals surface area (Å²) in [5, 5.41) is 0.757. The van der Waals surface area contributed by atoms with Gasteiger partial charge in [0.15, 0.2) is 0 Å². The minimum atomic E-state index is -0.331. The Labute approximate surface area is 140 Å². The highest BCUT2D eigenvalue weighted by Crippen LogP contribution is 2.24. The summed E-state index contributed by atoms with van der Waals surface area (Å²) in [7, 11) is 0. The lowest BCUT2D eigenvalue weighted by atomic mass is 10.1. The van der Waals surface area contributed by atoms with Gasteiger partial charge in [0.05, 0.1) is 0 Å². The van der Waals surface area contributed by atoms with Gasteiger partial charge in [-0.05, 0) is 48.9 Å². The van der Waals surface area contributed by atoms with Crippen LogP contribution in [0.15, 0.2) is 42.5 Å². The van der Waals surface area contributed by atoms with Crippen molar-refractivity contribution in [3.8, 4) is 0 Å². The van der Waals surface area contributed by atoms with E-state index in [2.05, 4.69) is 11.0 Å². The SMILES string of the molecule is Cc1ccc(N2CCN(C(=O)c3ccc(F)cc3)CC2)cc1Cl. The van der Waals surface area contributed by atoms with E-state index in [-0.39, 0.29) is 11.7 Å². The van der Waals surface area contributed by atoms with Gasteiger partial charge in [0.25, 0.3) is 5.91 Å². The zero-order chi connectivity index (χ0) is 16.4. The van der Waals surface area contributed by atoms with Crippen molar-refractivity contribution in [3.05, 3.63) is 64.4 Å². The Morgan fingerprint density at radius 2 is 1.70 bits per heavy atom. The molecule has 1 fully saturated rings. The summed E-state index contributed by atoms with van der Waals surface area (Å²) in [6.07, 6.45) is 0. The van der Waals surface area contributed by atoms with Gasteiger partial charge < -0.3 is 9.80 Å². The zero-order valence-electron chi connectivity index (χ0n) is 12.9. The molecule has 23 heavy (non-hydrogen) atoms. The van der Waals surface area contributed by atoms with Gasteiger partial charge >= 0.3 is 0 Å². The molecule has 0 unspecified atom stereocenters. The molecule has 3 rings (SSSR count). The molecule has 0 aliphatic carbocycles. The predicted octanol–water partition coefficient (Wildman–Crippen LogP) is 3.75. The van der Waals surface area contributed by atoms with Crippen LogP contribution in [-0.2, 0) is 0 Å². The topological polar surface area (TPSA) is 23.6 Å². The lowest BCUT2D eigenvalue weighted by molar-refractivity contribution is 0.0746. The molecule has 2 aromatic carbocycles. The smallest absolute Gasteiger partial charge is 0.253 e. The summed E-state index contributed by atoms with van der Waals surface area (Å²) >= 11 is 6.18. The summed E-state index contributed by atoms with van der Waals surface area (Å²) < 4.78 is 12.9.